The van der Waals surface area contributed by atoms with Crippen LogP contribution in [0.25, 0.3) is 6.08 Å². The lowest BCUT2D eigenvalue weighted by atomic mass is 10.1. The fraction of sp³-hybridized carbons (Fsp3) is 0.150. The SMILES string of the molecule is CCC(=O)Oc1cccc(/C=C2\N=C(c3cccc([N+](=O)[O-])c3C)OC2=O)c1. The van der Waals surface area contributed by atoms with E-state index in [9.17, 15) is 19.7 Å². The van der Waals surface area contributed by atoms with E-state index in [-0.39, 0.29) is 29.7 Å². The first-order valence-electron chi connectivity index (χ1n) is 8.46. The van der Waals surface area contributed by atoms with Crippen LogP contribution in [0, 0.1) is 17.0 Å². The van der Waals surface area contributed by atoms with Crippen LogP contribution < -0.4 is 4.74 Å². The maximum atomic E-state index is 12.2. The van der Waals surface area contributed by atoms with Gasteiger partial charge in [-0.2, -0.15) is 0 Å². The highest BCUT2D eigenvalue weighted by molar-refractivity contribution is 6.13. The molecule has 1 heterocycles. The Morgan fingerprint density at radius 1 is 1.29 bits per heavy atom. The van der Waals surface area contributed by atoms with E-state index in [0.717, 1.165) is 0 Å². The summed E-state index contributed by atoms with van der Waals surface area (Å²) >= 11 is 0. The molecule has 1 aliphatic heterocycles. The Bertz CT molecular complexity index is 1040. The van der Waals surface area contributed by atoms with Crippen molar-refractivity contribution in [3.63, 3.8) is 0 Å². The number of hydrogen-bond donors (Lipinski definition) is 0. The number of aliphatic imine (C=N–C) groups is 1. The van der Waals surface area contributed by atoms with Crippen molar-refractivity contribution < 1.29 is 24.0 Å². The molecule has 28 heavy (non-hydrogen) atoms. The fourth-order valence-corrected chi connectivity index (χ4v) is 2.61. The highest BCUT2D eigenvalue weighted by atomic mass is 16.6. The Balaban J connectivity index is 1.93. The Hall–Kier alpha value is -3.81. The molecule has 142 valence electrons. The van der Waals surface area contributed by atoms with E-state index in [1.54, 1.807) is 44.2 Å². The van der Waals surface area contributed by atoms with Gasteiger partial charge < -0.3 is 9.47 Å². The van der Waals surface area contributed by atoms with Crippen molar-refractivity contribution in [2.45, 2.75) is 20.3 Å². The summed E-state index contributed by atoms with van der Waals surface area (Å²) in [4.78, 5) is 38.4. The molecule has 8 nitrogen and oxygen atoms in total. The first kappa shape index (κ1) is 19.0. The van der Waals surface area contributed by atoms with Gasteiger partial charge in [-0.15, -0.1) is 0 Å². The number of ether oxygens (including phenoxy) is 2. The minimum absolute atomic E-state index is 0.00557. The largest absolute Gasteiger partial charge is 0.427 e. The molecule has 2 aromatic carbocycles. The van der Waals surface area contributed by atoms with Crippen LogP contribution in [-0.2, 0) is 14.3 Å². The monoisotopic (exact) mass is 380 g/mol. The van der Waals surface area contributed by atoms with Crippen molar-refractivity contribution in [3.05, 3.63) is 75.0 Å². The number of esters is 2. The van der Waals surface area contributed by atoms with Crippen LogP contribution in [0.3, 0.4) is 0 Å². The summed E-state index contributed by atoms with van der Waals surface area (Å²) in [5.74, 6) is -0.680. The van der Waals surface area contributed by atoms with Gasteiger partial charge in [-0.05, 0) is 36.8 Å². The van der Waals surface area contributed by atoms with Crippen LogP contribution in [0.2, 0.25) is 0 Å². The molecule has 0 fully saturated rings. The van der Waals surface area contributed by atoms with E-state index in [0.29, 0.717) is 22.4 Å². The third kappa shape index (κ3) is 3.96. The minimum atomic E-state index is -0.670. The van der Waals surface area contributed by atoms with Crippen LogP contribution in [0.4, 0.5) is 5.69 Å². The summed E-state index contributed by atoms with van der Waals surface area (Å²) in [6.45, 7) is 3.26. The summed E-state index contributed by atoms with van der Waals surface area (Å²) in [7, 11) is 0. The second-order valence-corrected chi connectivity index (χ2v) is 5.94. The van der Waals surface area contributed by atoms with E-state index in [4.69, 9.17) is 9.47 Å². The molecule has 3 rings (SSSR count). The first-order chi connectivity index (χ1) is 13.4. The zero-order valence-corrected chi connectivity index (χ0v) is 15.2. The average molecular weight is 380 g/mol. The number of nitro benzene ring substituents is 1. The van der Waals surface area contributed by atoms with Gasteiger partial charge in [-0.1, -0.05) is 25.1 Å². The highest BCUT2D eigenvalue weighted by Crippen LogP contribution is 2.26. The zero-order valence-electron chi connectivity index (χ0n) is 15.2. The maximum absolute atomic E-state index is 12.2. The summed E-state index contributed by atoms with van der Waals surface area (Å²) in [6, 6.07) is 11.1. The minimum Gasteiger partial charge on any atom is -0.427 e. The van der Waals surface area contributed by atoms with Gasteiger partial charge in [0.25, 0.3) is 5.69 Å². The van der Waals surface area contributed by atoms with Gasteiger partial charge in [0, 0.05) is 23.6 Å². The third-order valence-electron chi connectivity index (χ3n) is 4.03. The predicted molar refractivity (Wildman–Crippen MR) is 101 cm³/mol. The summed E-state index contributed by atoms with van der Waals surface area (Å²) < 4.78 is 10.3. The topological polar surface area (TPSA) is 108 Å². The molecule has 0 saturated heterocycles. The number of nitrogens with zero attached hydrogens (tertiary/aromatic N) is 2. The number of hydrogen-bond acceptors (Lipinski definition) is 7. The van der Waals surface area contributed by atoms with Crippen molar-refractivity contribution in [1.29, 1.82) is 0 Å². The van der Waals surface area contributed by atoms with Crippen molar-refractivity contribution in [2.24, 2.45) is 4.99 Å². The lowest BCUT2D eigenvalue weighted by Crippen LogP contribution is -2.08. The average Bonchev–Trinajstić information content (AvgIpc) is 3.02. The second kappa shape index (κ2) is 7.83. The number of cyclic esters (lactones) is 1. The van der Waals surface area contributed by atoms with Gasteiger partial charge in [-0.3, -0.25) is 14.9 Å². The predicted octanol–water partition coefficient (Wildman–Crippen LogP) is 3.56. The number of nitro groups is 1. The van der Waals surface area contributed by atoms with Crippen LogP contribution in [0.15, 0.2) is 53.2 Å². The molecule has 0 spiro atoms. The quantitative estimate of drug-likeness (QED) is 0.258. The summed E-state index contributed by atoms with van der Waals surface area (Å²) in [6.07, 6.45) is 1.74. The normalized spacial score (nSPS) is 14.6. The van der Waals surface area contributed by atoms with E-state index in [2.05, 4.69) is 4.99 Å². The fourth-order valence-electron chi connectivity index (χ4n) is 2.61. The van der Waals surface area contributed by atoms with Gasteiger partial charge in [0.2, 0.25) is 5.90 Å². The second-order valence-electron chi connectivity index (χ2n) is 5.94. The third-order valence-corrected chi connectivity index (χ3v) is 4.03. The van der Waals surface area contributed by atoms with Crippen molar-refractivity contribution in [1.82, 2.24) is 0 Å². The number of carbonyl (C=O) groups excluding carboxylic acids is 2. The standard InChI is InChI=1S/C20H16N2O6/c1-3-18(23)27-14-7-4-6-13(10-14)11-16-20(24)28-19(21-16)15-8-5-9-17(12(15)2)22(25)26/h4-11H,3H2,1-2H3/b16-11-. The Kier molecular flexibility index (Phi) is 5.30. The van der Waals surface area contributed by atoms with Crippen LogP contribution >= 0.6 is 0 Å². The smallest absolute Gasteiger partial charge is 0.363 e. The highest BCUT2D eigenvalue weighted by Gasteiger charge is 2.27. The molecule has 8 heteroatoms. The molecule has 0 N–H and O–H groups in total. The summed E-state index contributed by atoms with van der Waals surface area (Å²) in [5, 5.41) is 11.1. The van der Waals surface area contributed by atoms with Gasteiger partial charge >= 0.3 is 11.9 Å². The summed E-state index contributed by atoms with van der Waals surface area (Å²) in [5.41, 5.74) is 1.28. The maximum Gasteiger partial charge on any atom is 0.363 e. The number of carbonyl (C=O) groups is 2. The molecule has 0 saturated carbocycles. The van der Waals surface area contributed by atoms with E-state index < -0.39 is 10.9 Å². The Morgan fingerprint density at radius 2 is 2.04 bits per heavy atom. The van der Waals surface area contributed by atoms with Crippen molar-refractivity contribution in [2.75, 3.05) is 0 Å². The van der Waals surface area contributed by atoms with Crippen LogP contribution in [0.1, 0.15) is 30.0 Å². The van der Waals surface area contributed by atoms with Gasteiger partial charge in [0.05, 0.1) is 4.92 Å². The van der Waals surface area contributed by atoms with Gasteiger partial charge in [0.1, 0.15) is 5.75 Å². The molecule has 0 unspecified atom stereocenters. The van der Waals surface area contributed by atoms with Crippen molar-refractivity contribution in [3.8, 4) is 5.75 Å². The molecule has 0 amide bonds. The lowest BCUT2D eigenvalue weighted by molar-refractivity contribution is -0.385. The number of rotatable bonds is 5. The molecular formula is C20H16N2O6. The molecule has 0 aromatic heterocycles. The zero-order chi connectivity index (χ0) is 20.3. The van der Waals surface area contributed by atoms with Crippen LogP contribution in [0.5, 0.6) is 5.75 Å². The molecule has 0 radical (unpaired) electrons. The molecule has 0 atom stereocenters. The Labute approximate surface area is 160 Å². The lowest BCUT2D eigenvalue weighted by Gasteiger charge is -2.04. The van der Waals surface area contributed by atoms with Gasteiger partial charge in [-0.25, -0.2) is 9.79 Å². The Morgan fingerprint density at radius 3 is 2.75 bits per heavy atom. The van der Waals surface area contributed by atoms with E-state index >= 15 is 0 Å². The molecular weight excluding hydrogens is 364 g/mol. The van der Waals surface area contributed by atoms with E-state index in [1.807, 2.05) is 0 Å². The van der Waals surface area contributed by atoms with Gasteiger partial charge in [0.15, 0.2) is 5.70 Å². The van der Waals surface area contributed by atoms with Crippen molar-refractivity contribution >= 4 is 29.6 Å². The number of benzene rings is 2. The van der Waals surface area contributed by atoms with E-state index in [1.165, 1.54) is 18.2 Å². The molecule has 2 aromatic rings. The first-order valence-corrected chi connectivity index (χ1v) is 8.46. The molecule has 0 aliphatic carbocycles. The van der Waals surface area contributed by atoms with Crippen LogP contribution in [-0.4, -0.2) is 22.8 Å². The molecule has 0 bridgehead atoms. The molecule has 1 aliphatic rings.